The van der Waals surface area contributed by atoms with Crippen LogP contribution in [-0.4, -0.2) is 40.8 Å². The molecular formula is C15H15N7O. The Morgan fingerprint density at radius 3 is 3.04 bits per heavy atom. The van der Waals surface area contributed by atoms with Crippen LogP contribution < -0.4 is 5.32 Å². The molecule has 0 saturated heterocycles. The van der Waals surface area contributed by atoms with E-state index in [0.29, 0.717) is 24.6 Å². The number of nitrogens with one attached hydrogen (secondary N) is 1. The summed E-state index contributed by atoms with van der Waals surface area (Å²) in [6.45, 7) is 0.982. The molecule has 0 amide bonds. The van der Waals surface area contributed by atoms with Crippen LogP contribution in [-0.2, 0) is 13.1 Å². The van der Waals surface area contributed by atoms with Crippen molar-refractivity contribution < 1.29 is 5.11 Å². The third-order valence-electron chi connectivity index (χ3n) is 3.60. The molecule has 0 aromatic carbocycles. The third-order valence-corrected chi connectivity index (χ3v) is 3.60. The number of hydrogen-bond acceptors (Lipinski definition) is 6. The van der Waals surface area contributed by atoms with E-state index < -0.39 is 0 Å². The summed E-state index contributed by atoms with van der Waals surface area (Å²) >= 11 is 0. The number of aliphatic hydroxyl groups is 1. The number of imidazole rings is 1. The maximum atomic E-state index is 9.06. The standard InChI is InChI=1S/C15H15N7O/c23-6-5-22-15-12(8-19-22)14(17-10-18-15)16-7-11-9-21-4-2-1-3-13(21)20-11/h1-4,8-10,23H,5-7H2,(H,16,17,18). The number of aromatic nitrogens is 6. The lowest BCUT2D eigenvalue weighted by Gasteiger charge is -2.04. The van der Waals surface area contributed by atoms with Crippen molar-refractivity contribution in [2.45, 2.75) is 13.1 Å². The van der Waals surface area contributed by atoms with Gasteiger partial charge in [-0.3, -0.25) is 0 Å². The summed E-state index contributed by atoms with van der Waals surface area (Å²) in [4.78, 5) is 13.1. The van der Waals surface area contributed by atoms with Crippen LogP contribution in [0.5, 0.6) is 0 Å². The predicted octanol–water partition coefficient (Wildman–Crippen LogP) is 1.08. The van der Waals surface area contributed by atoms with Crippen LogP contribution in [0.25, 0.3) is 16.7 Å². The van der Waals surface area contributed by atoms with Crippen LogP contribution in [0.3, 0.4) is 0 Å². The van der Waals surface area contributed by atoms with Crippen LogP contribution in [0.2, 0.25) is 0 Å². The van der Waals surface area contributed by atoms with Crippen molar-refractivity contribution in [1.29, 1.82) is 0 Å². The smallest absolute Gasteiger partial charge is 0.163 e. The van der Waals surface area contributed by atoms with Crippen molar-refractivity contribution in [2.24, 2.45) is 0 Å². The van der Waals surface area contributed by atoms with E-state index in [1.54, 1.807) is 10.9 Å². The van der Waals surface area contributed by atoms with Crippen molar-refractivity contribution in [3.63, 3.8) is 0 Å². The van der Waals surface area contributed by atoms with Crippen LogP contribution in [0.4, 0.5) is 5.82 Å². The molecule has 0 aliphatic rings. The molecule has 4 heterocycles. The van der Waals surface area contributed by atoms with Gasteiger partial charge < -0.3 is 14.8 Å². The van der Waals surface area contributed by atoms with E-state index in [-0.39, 0.29) is 6.61 Å². The third kappa shape index (κ3) is 2.49. The Labute approximate surface area is 131 Å². The molecule has 8 heteroatoms. The van der Waals surface area contributed by atoms with E-state index in [2.05, 4.69) is 25.4 Å². The SMILES string of the molecule is OCCn1ncc2c(NCc3cn4ccccc4n3)ncnc21. The van der Waals surface area contributed by atoms with Crippen molar-refractivity contribution in [1.82, 2.24) is 29.1 Å². The van der Waals surface area contributed by atoms with Crippen LogP contribution in [0.15, 0.2) is 43.1 Å². The molecule has 0 saturated carbocycles. The number of aliphatic hydroxyl groups excluding tert-OH is 1. The van der Waals surface area contributed by atoms with Crippen molar-refractivity contribution in [3.05, 3.63) is 48.8 Å². The Kier molecular flexibility index (Phi) is 3.35. The summed E-state index contributed by atoms with van der Waals surface area (Å²) in [5.41, 5.74) is 2.53. The number of rotatable bonds is 5. The first-order valence-corrected chi connectivity index (χ1v) is 7.29. The second-order valence-electron chi connectivity index (χ2n) is 5.10. The molecule has 8 nitrogen and oxygen atoms in total. The highest BCUT2D eigenvalue weighted by Gasteiger charge is 2.10. The zero-order valence-corrected chi connectivity index (χ0v) is 12.3. The Morgan fingerprint density at radius 1 is 1.22 bits per heavy atom. The molecule has 4 aromatic rings. The van der Waals surface area contributed by atoms with Gasteiger partial charge in [0.05, 0.1) is 37.0 Å². The molecule has 0 aliphatic heterocycles. The Balaban J connectivity index is 1.60. The minimum atomic E-state index is 0.0186. The van der Waals surface area contributed by atoms with Crippen LogP contribution in [0, 0.1) is 0 Å². The summed E-state index contributed by atoms with van der Waals surface area (Å²) in [5, 5.41) is 17.4. The van der Waals surface area contributed by atoms with Gasteiger partial charge in [-0.25, -0.2) is 19.6 Å². The van der Waals surface area contributed by atoms with E-state index in [4.69, 9.17) is 5.11 Å². The average Bonchev–Trinajstić information content (AvgIpc) is 3.17. The second-order valence-corrected chi connectivity index (χ2v) is 5.10. The molecule has 4 aromatic heterocycles. The van der Waals surface area contributed by atoms with Crippen molar-refractivity contribution >= 4 is 22.5 Å². The lowest BCUT2D eigenvalue weighted by molar-refractivity contribution is 0.271. The fraction of sp³-hybridized carbons (Fsp3) is 0.200. The van der Waals surface area contributed by atoms with Gasteiger partial charge in [0.15, 0.2) is 5.65 Å². The van der Waals surface area contributed by atoms with E-state index in [9.17, 15) is 0 Å². The highest BCUT2D eigenvalue weighted by molar-refractivity contribution is 5.85. The van der Waals surface area contributed by atoms with Crippen molar-refractivity contribution in [2.75, 3.05) is 11.9 Å². The molecule has 2 N–H and O–H groups in total. The Bertz CT molecular complexity index is 926. The van der Waals surface area contributed by atoms with Crippen molar-refractivity contribution in [3.8, 4) is 0 Å². The minimum absolute atomic E-state index is 0.0186. The largest absolute Gasteiger partial charge is 0.394 e. The molecule has 0 atom stereocenters. The van der Waals surface area contributed by atoms with E-state index in [1.807, 2.05) is 35.0 Å². The average molecular weight is 309 g/mol. The molecule has 0 radical (unpaired) electrons. The zero-order valence-electron chi connectivity index (χ0n) is 12.3. The summed E-state index contributed by atoms with van der Waals surface area (Å²) in [7, 11) is 0. The molecular weight excluding hydrogens is 294 g/mol. The summed E-state index contributed by atoms with van der Waals surface area (Å²) in [6, 6.07) is 5.89. The van der Waals surface area contributed by atoms with E-state index >= 15 is 0 Å². The van der Waals surface area contributed by atoms with Gasteiger partial charge in [0, 0.05) is 12.4 Å². The summed E-state index contributed by atoms with van der Waals surface area (Å²) < 4.78 is 3.64. The van der Waals surface area contributed by atoms with E-state index in [0.717, 1.165) is 16.7 Å². The molecule has 23 heavy (non-hydrogen) atoms. The minimum Gasteiger partial charge on any atom is -0.394 e. The molecule has 4 rings (SSSR count). The molecule has 0 aliphatic carbocycles. The van der Waals surface area contributed by atoms with Crippen LogP contribution in [0.1, 0.15) is 5.69 Å². The van der Waals surface area contributed by atoms with E-state index in [1.165, 1.54) is 6.33 Å². The normalized spacial score (nSPS) is 11.3. The molecule has 0 bridgehead atoms. The lowest BCUT2D eigenvalue weighted by Crippen LogP contribution is -2.06. The molecule has 116 valence electrons. The molecule has 0 spiro atoms. The maximum absolute atomic E-state index is 9.06. The van der Waals surface area contributed by atoms with Gasteiger partial charge in [-0.2, -0.15) is 5.10 Å². The number of hydrogen-bond donors (Lipinski definition) is 2. The lowest BCUT2D eigenvalue weighted by atomic mass is 10.3. The van der Waals surface area contributed by atoms with Gasteiger partial charge >= 0.3 is 0 Å². The van der Waals surface area contributed by atoms with Gasteiger partial charge in [0.2, 0.25) is 0 Å². The molecule has 0 fully saturated rings. The topological polar surface area (TPSA) is 93.2 Å². The first-order valence-electron chi connectivity index (χ1n) is 7.29. The Hall–Kier alpha value is -3.00. The van der Waals surface area contributed by atoms with Gasteiger partial charge in [-0.05, 0) is 12.1 Å². The molecule has 0 unspecified atom stereocenters. The first-order chi connectivity index (χ1) is 11.3. The zero-order chi connectivity index (χ0) is 15.6. The number of pyridine rings is 1. The predicted molar refractivity (Wildman–Crippen MR) is 84.9 cm³/mol. The maximum Gasteiger partial charge on any atom is 0.163 e. The van der Waals surface area contributed by atoms with Gasteiger partial charge in [-0.1, -0.05) is 6.07 Å². The number of nitrogens with zero attached hydrogens (tertiary/aromatic N) is 6. The number of fused-ring (bicyclic) bond motifs is 2. The fourth-order valence-electron chi connectivity index (χ4n) is 2.54. The quantitative estimate of drug-likeness (QED) is 0.573. The van der Waals surface area contributed by atoms with Gasteiger partial charge in [0.1, 0.15) is 17.8 Å². The number of anilines is 1. The second kappa shape index (κ2) is 5.65. The fourth-order valence-corrected chi connectivity index (χ4v) is 2.54. The summed E-state index contributed by atoms with van der Waals surface area (Å²) in [6.07, 6.45) is 7.14. The van der Waals surface area contributed by atoms with Gasteiger partial charge in [-0.15, -0.1) is 0 Å². The highest BCUT2D eigenvalue weighted by atomic mass is 16.3. The van der Waals surface area contributed by atoms with Crippen LogP contribution >= 0.6 is 0 Å². The van der Waals surface area contributed by atoms with Gasteiger partial charge in [0.25, 0.3) is 0 Å². The monoisotopic (exact) mass is 309 g/mol. The summed E-state index contributed by atoms with van der Waals surface area (Å²) in [5.74, 6) is 0.705. The first kappa shape index (κ1) is 13.6. The Morgan fingerprint density at radius 2 is 2.17 bits per heavy atom. The highest BCUT2D eigenvalue weighted by Crippen LogP contribution is 2.19.